The topological polar surface area (TPSA) is 90.9 Å². The second-order valence-electron chi connectivity index (χ2n) is 5.38. The van der Waals surface area contributed by atoms with Crippen LogP contribution in [0.25, 0.3) is 0 Å². The molecule has 0 spiro atoms. The molecule has 1 aromatic heterocycles. The van der Waals surface area contributed by atoms with Crippen LogP contribution in [0.15, 0.2) is 18.2 Å². The Hall–Kier alpha value is -2.08. The number of H-pyrrole nitrogens is 1. The monoisotopic (exact) mass is 294 g/mol. The molecule has 1 amide bonds. The zero-order valence-corrected chi connectivity index (χ0v) is 12.1. The third kappa shape index (κ3) is 3.08. The smallest absolute Gasteiger partial charge is 0.295 e. The molecule has 0 saturated carbocycles. The van der Waals surface area contributed by atoms with Gasteiger partial charge in [0.1, 0.15) is 11.6 Å². The maximum Gasteiger partial charge on any atom is 0.295 e. The molecule has 0 atom stereocenters. The lowest BCUT2D eigenvalue weighted by molar-refractivity contribution is 0.101. The molecule has 2 rings (SSSR count). The van der Waals surface area contributed by atoms with Crippen molar-refractivity contribution in [2.75, 3.05) is 5.32 Å². The lowest BCUT2D eigenvalue weighted by Gasteiger charge is -2.12. The molecular weight excluding hydrogens is 280 g/mol. The number of anilines is 1. The highest BCUT2D eigenvalue weighted by Gasteiger charge is 2.21. The SMILES string of the molecule is CC(C)(C)c1nc(C(=O)Nc2ccc(O)c(Cl)c2)n[nH]1. The number of phenols is 1. The zero-order chi connectivity index (χ0) is 14.9. The number of amides is 1. The molecule has 2 aromatic rings. The van der Waals surface area contributed by atoms with E-state index in [9.17, 15) is 9.90 Å². The minimum Gasteiger partial charge on any atom is -0.506 e. The molecular formula is C13H15ClN4O2. The van der Waals surface area contributed by atoms with Gasteiger partial charge in [-0.3, -0.25) is 9.89 Å². The van der Waals surface area contributed by atoms with E-state index in [0.29, 0.717) is 11.5 Å². The van der Waals surface area contributed by atoms with Crippen molar-refractivity contribution >= 4 is 23.2 Å². The van der Waals surface area contributed by atoms with Gasteiger partial charge in [-0.15, -0.1) is 5.10 Å². The Bertz CT molecular complexity index is 646. The molecule has 1 aromatic carbocycles. The van der Waals surface area contributed by atoms with E-state index in [4.69, 9.17) is 11.6 Å². The molecule has 3 N–H and O–H groups in total. The Balaban J connectivity index is 2.16. The zero-order valence-electron chi connectivity index (χ0n) is 11.4. The number of hydrogen-bond acceptors (Lipinski definition) is 4. The summed E-state index contributed by atoms with van der Waals surface area (Å²) in [5.74, 6) is 0.196. The van der Waals surface area contributed by atoms with Crippen LogP contribution in [-0.4, -0.2) is 26.2 Å². The van der Waals surface area contributed by atoms with Gasteiger partial charge in [-0.05, 0) is 18.2 Å². The van der Waals surface area contributed by atoms with Gasteiger partial charge < -0.3 is 10.4 Å². The maximum atomic E-state index is 12.0. The summed E-state index contributed by atoms with van der Waals surface area (Å²) < 4.78 is 0. The molecule has 0 radical (unpaired) electrons. The number of aromatic hydroxyl groups is 1. The van der Waals surface area contributed by atoms with Crippen molar-refractivity contribution in [3.05, 3.63) is 34.9 Å². The highest BCUT2D eigenvalue weighted by atomic mass is 35.5. The Morgan fingerprint density at radius 3 is 2.65 bits per heavy atom. The summed E-state index contributed by atoms with van der Waals surface area (Å²) >= 11 is 5.77. The highest BCUT2D eigenvalue weighted by molar-refractivity contribution is 6.32. The average Bonchev–Trinajstić information content (AvgIpc) is 2.83. The minimum atomic E-state index is -0.446. The molecule has 0 aliphatic carbocycles. The second kappa shape index (κ2) is 5.13. The Morgan fingerprint density at radius 1 is 1.40 bits per heavy atom. The van der Waals surface area contributed by atoms with E-state index in [2.05, 4.69) is 20.5 Å². The highest BCUT2D eigenvalue weighted by Crippen LogP contribution is 2.26. The number of nitrogens with zero attached hydrogens (tertiary/aromatic N) is 2. The lowest BCUT2D eigenvalue weighted by Crippen LogP contribution is -2.16. The van der Waals surface area contributed by atoms with Crippen LogP contribution in [0.1, 0.15) is 37.2 Å². The molecule has 0 fully saturated rings. The van der Waals surface area contributed by atoms with Crippen molar-refractivity contribution in [1.29, 1.82) is 0 Å². The number of carbonyl (C=O) groups is 1. The fourth-order valence-corrected chi connectivity index (χ4v) is 1.65. The lowest BCUT2D eigenvalue weighted by atomic mass is 9.96. The number of aromatic nitrogens is 3. The minimum absolute atomic E-state index is 0.0439. The molecule has 0 saturated heterocycles. The van der Waals surface area contributed by atoms with Crippen LogP contribution >= 0.6 is 11.6 Å². The number of phenolic OH excluding ortho intramolecular Hbond substituents is 1. The third-order valence-electron chi connectivity index (χ3n) is 2.60. The standard InChI is InChI=1S/C13H15ClN4O2/c1-13(2,3)12-16-10(17-18-12)11(20)15-7-4-5-9(19)8(14)6-7/h4-6,19H,1-3H3,(H,15,20)(H,16,17,18). The van der Waals surface area contributed by atoms with Crippen molar-refractivity contribution in [3.8, 4) is 5.75 Å². The molecule has 20 heavy (non-hydrogen) atoms. The molecule has 1 heterocycles. The van der Waals surface area contributed by atoms with Crippen LogP contribution in [0.5, 0.6) is 5.75 Å². The summed E-state index contributed by atoms with van der Waals surface area (Å²) in [4.78, 5) is 16.1. The first-order valence-electron chi connectivity index (χ1n) is 6.00. The van der Waals surface area contributed by atoms with Gasteiger partial charge in [-0.25, -0.2) is 4.98 Å². The van der Waals surface area contributed by atoms with Crippen LogP contribution in [0, 0.1) is 0 Å². The van der Waals surface area contributed by atoms with Gasteiger partial charge in [0.15, 0.2) is 0 Å². The molecule has 0 aliphatic rings. The quantitative estimate of drug-likeness (QED) is 0.743. The summed E-state index contributed by atoms with van der Waals surface area (Å²) in [5.41, 5.74) is 0.243. The van der Waals surface area contributed by atoms with Crippen LogP contribution in [0.4, 0.5) is 5.69 Å². The number of aromatic amines is 1. The van der Waals surface area contributed by atoms with Crippen LogP contribution in [-0.2, 0) is 5.41 Å². The van der Waals surface area contributed by atoms with E-state index in [1.807, 2.05) is 20.8 Å². The van der Waals surface area contributed by atoms with E-state index < -0.39 is 5.91 Å². The largest absolute Gasteiger partial charge is 0.506 e. The first-order valence-corrected chi connectivity index (χ1v) is 6.38. The van der Waals surface area contributed by atoms with Crippen LogP contribution in [0.3, 0.4) is 0 Å². The van der Waals surface area contributed by atoms with E-state index in [1.165, 1.54) is 18.2 Å². The number of carbonyl (C=O) groups excluding carboxylic acids is 1. The van der Waals surface area contributed by atoms with Gasteiger partial charge in [0.2, 0.25) is 5.82 Å². The summed E-state index contributed by atoms with van der Waals surface area (Å²) in [6.07, 6.45) is 0. The molecule has 0 aliphatic heterocycles. The van der Waals surface area contributed by atoms with Gasteiger partial charge in [0.05, 0.1) is 5.02 Å². The summed E-state index contributed by atoms with van der Waals surface area (Å²) in [7, 11) is 0. The predicted molar refractivity (Wildman–Crippen MR) is 76.2 cm³/mol. The molecule has 0 unspecified atom stereocenters. The molecule has 7 heteroatoms. The average molecular weight is 295 g/mol. The van der Waals surface area contributed by atoms with Crippen LogP contribution in [0.2, 0.25) is 5.02 Å². The van der Waals surface area contributed by atoms with Crippen molar-refractivity contribution in [1.82, 2.24) is 15.2 Å². The van der Waals surface area contributed by atoms with Gasteiger partial charge in [-0.2, -0.15) is 0 Å². The number of rotatable bonds is 2. The normalized spacial score (nSPS) is 11.4. The van der Waals surface area contributed by atoms with E-state index >= 15 is 0 Å². The van der Waals surface area contributed by atoms with Crippen LogP contribution < -0.4 is 5.32 Å². The van der Waals surface area contributed by atoms with Crippen molar-refractivity contribution < 1.29 is 9.90 Å². The van der Waals surface area contributed by atoms with Crippen molar-refractivity contribution in [3.63, 3.8) is 0 Å². The van der Waals surface area contributed by atoms with E-state index in [-0.39, 0.29) is 22.0 Å². The summed E-state index contributed by atoms with van der Waals surface area (Å²) in [5, 5.41) is 18.7. The summed E-state index contributed by atoms with van der Waals surface area (Å²) in [6, 6.07) is 4.39. The van der Waals surface area contributed by atoms with Crippen molar-refractivity contribution in [2.24, 2.45) is 0 Å². The van der Waals surface area contributed by atoms with Gasteiger partial charge >= 0.3 is 0 Å². The second-order valence-corrected chi connectivity index (χ2v) is 5.79. The molecule has 6 nitrogen and oxygen atoms in total. The van der Waals surface area contributed by atoms with Gasteiger partial charge in [-0.1, -0.05) is 32.4 Å². The Labute approximate surface area is 121 Å². The molecule has 0 bridgehead atoms. The Morgan fingerprint density at radius 2 is 2.10 bits per heavy atom. The number of benzene rings is 1. The fourth-order valence-electron chi connectivity index (χ4n) is 1.47. The number of nitrogens with one attached hydrogen (secondary N) is 2. The molecule has 106 valence electrons. The third-order valence-corrected chi connectivity index (χ3v) is 2.91. The number of hydrogen-bond donors (Lipinski definition) is 3. The fraction of sp³-hybridized carbons (Fsp3) is 0.308. The predicted octanol–water partition coefficient (Wildman–Crippen LogP) is 2.71. The number of halogens is 1. The Kier molecular flexibility index (Phi) is 3.67. The first kappa shape index (κ1) is 14.3. The van der Waals surface area contributed by atoms with Crippen molar-refractivity contribution in [2.45, 2.75) is 26.2 Å². The van der Waals surface area contributed by atoms with E-state index in [1.54, 1.807) is 0 Å². The first-order chi connectivity index (χ1) is 9.27. The van der Waals surface area contributed by atoms with Gasteiger partial charge in [0, 0.05) is 11.1 Å². The maximum absolute atomic E-state index is 12.0. The van der Waals surface area contributed by atoms with E-state index in [0.717, 1.165) is 0 Å². The van der Waals surface area contributed by atoms with Gasteiger partial charge in [0.25, 0.3) is 5.91 Å². The summed E-state index contributed by atoms with van der Waals surface area (Å²) in [6.45, 7) is 5.90.